The minimum absolute atomic E-state index is 0.510. The van der Waals surface area contributed by atoms with Crippen molar-refractivity contribution in [1.82, 2.24) is 24.7 Å². The monoisotopic (exact) mass is 291 g/mol. The maximum absolute atomic E-state index is 5.37. The van der Waals surface area contributed by atoms with Crippen LogP contribution in [0.25, 0.3) is 28.5 Å². The topological polar surface area (TPSA) is 69.1 Å². The Bertz CT molecular complexity index is 952. The SMILES string of the molecule is Cc1ccc(-c2nc(-c3ccc4nnc(C)n4c3)no2)cc1. The number of hydrogen-bond acceptors (Lipinski definition) is 5. The van der Waals surface area contributed by atoms with Crippen LogP contribution >= 0.6 is 0 Å². The van der Waals surface area contributed by atoms with Gasteiger partial charge in [-0.1, -0.05) is 22.9 Å². The number of benzene rings is 1. The van der Waals surface area contributed by atoms with Crippen LogP contribution in [0.4, 0.5) is 0 Å². The smallest absolute Gasteiger partial charge is 0.258 e. The van der Waals surface area contributed by atoms with Gasteiger partial charge in [-0.2, -0.15) is 4.98 Å². The molecule has 0 bridgehead atoms. The van der Waals surface area contributed by atoms with Gasteiger partial charge in [-0.3, -0.25) is 4.40 Å². The second-order valence-corrected chi connectivity index (χ2v) is 5.18. The summed E-state index contributed by atoms with van der Waals surface area (Å²) in [5.74, 6) is 1.88. The molecule has 0 fully saturated rings. The highest BCUT2D eigenvalue weighted by Gasteiger charge is 2.12. The lowest BCUT2D eigenvalue weighted by molar-refractivity contribution is 0.432. The first-order valence-electron chi connectivity index (χ1n) is 6.93. The first-order valence-corrected chi connectivity index (χ1v) is 6.93. The van der Waals surface area contributed by atoms with Gasteiger partial charge in [0.25, 0.3) is 5.89 Å². The first-order chi connectivity index (χ1) is 10.7. The summed E-state index contributed by atoms with van der Waals surface area (Å²) in [7, 11) is 0. The molecule has 0 amide bonds. The standard InChI is InChI=1S/C16H13N5O/c1-10-3-5-12(6-4-10)16-17-15(20-22-16)13-7-8-14-19-18-11(2)21(14)9-13/h3-9H,1-2H3. The van der Waals surface area contributed by atoms with Crippen LogP contribution in [0.2, 0.25) is 0 Å². The quantitative estimate of drug-likeness (QED) is 0.567. The van der Waals surface area contributed by atoms with Gasteiger partial charge in [-0.25, -0.2) is 0 Å². The number of hydrogen-bond donors (Lipinski definition) is 0. The van der Waals surface area contributed by atoms with Gasteiger partial charge in [0.05, 0.1) is 0 Å². The third kappa shape index (κ3) is 2.05. The molecule has 0 saturated heterocycles. The molecule has 0 N–H and O–H groups in total. The van der Waals surface area contributed by atoms with Crippen LogP contribution in [0.5, 0.6) is 0 Å². The number of aryl methyl sites for hydroxylation is 2. The molecule has 6 heteroatoms. The summed E-state index contributed by atoms with van der Waals surface area (Å²) in [5, 5.41) is 12.2. The zero-order chi connectivity index (χ0) is 15.1. The lowest BCUT2D eigenvalue weighted by Gasteiger charge is -1.97. The van der Waals surface area contributed by atoms with E-state index in [4.69, 9.17) is 4.52 Å². The molecule has 4 rings (SSSR count). The van der Waals surface area contributed by atoms with Crippen molar-refractivity contribution in [3.8, 4) is 22.8 Å². The molecule has 108 valence electrons. The van der Waals surface area contributed by atoms with Crippen molar-refractivity contribution in [3.63, 3.8) is 0 Å². The van der Waals surface area contributed by atoms with Crippen molar-refractivity contribution in [2.24, 2.45) is 0 Å². The molecule has 3 aromatic heterocycles. The van der Waals surface area contributed by atoms with Gasteiger partial charge < -0.3 is 4.52 Å². The average Bonchev–Trinajstić information content (AvgIpc) is 3.16. The Kier molecular flexibility index (Phi) is 2.75. The Morgan fingerprint density at radius 1 is 0.909 bits per heavy atom. The van der Waals surface area contributed by atoms with Crippen LogP contribution in [0.1, 0.15) is 11.4 Å². The van der Waals surface area contributed by atoms with Crippen molar-refractivity contribution in [3.05, 3.63) is 54.0 Å². The van der Waals surface area contributed by atoms with Crippen LogP contribution in [0, 0.1) is 13.8 Å². The van der Waals surface area contributed by atoms with Crippen LogP contribution in [0.3, 0.4) is 0 Å². The number of aromatic nitrogens is 5. The van der Waals surface area contributed by atoms with Crippen LogP contribution in [-0.4, -0.2) is 24.7 Å². The van der Waals surface area contributed by atoms with Crippen molar-refractivity contribution in [2.45, 2.75) is 13.8 Å². The Morgan fingerprint density at radius 2 is 1.68 bits per heavy atom. The molecule has 22 heavy (non-hydrogen) atoms. The predicted molar refractivity (Wildman–Crippen MR) is 81.2 cm³/mol. The maximum atomic E-state index is 5.37. The van der Waals surface area contributed by atoms with E-state index in [0.717, 1.165) is 22.6 Å². The summed E-state index contributed by atoms with van der Waals surface area (Å²) in [6.45, 7) is 3.94. The van der Waals surface area contributed by atoms with Gasteiger partial charge in [-0.15, -0.1) is 10.2 Å². The summed E-state index contributed by atoms with van der Waals surface area (Å²) < 4.78 is 7.27. The lowest BCUT2D eigenvalue weighted by atomic mass is 10.1. The van der Waals surface area contributed by atoms with Crippen LogP contribution in [0.15, 0.2) is 47.1 Å². The van der Waals surface area contributed by atoms with E-state index >= 15 is 0 Å². The molecule has 0 radical (unpaired) electrons. The molecule has 4 aromatic rings. The van der Waals surface area contributed by atoms with Gasteiger partial charge in [0.2, 0.25) is 5.82 Å². The normalized spacial score (nSPS) is 11.2. The summed E-state index contributed by atoms with van der Waals surface area (Å²) in [4.78, 5) is 4.47. The van der Waals surface area contributed by atoms with E-state index in [2.05, 4.69) is 20.3 Å². The average molecular weight is 291 g/mol. The van der Waals surface area contributed by atoms with Gasteiger partial charge in [0.1, 0.15) is 5.82 Å². The number of nitrogens with zero attached hydrogens (tertiary/aromatic N) is 5. The minimum atomic E-state index is 0.510. The third-order valence-electron chi connectivity index (χ3n) is 3.56. The zero-order valence-corrected chi connectivity index (χ0v) is 12.2. The lowest BCUT2D eigenvalue weighted by Crippen LogP contribution is -1.90. The van der Waals surface area contributed by atoms with Gasteiger partial charge in [0, 0.05) is 17.3 Å². The Labute approximate surface area is 126 Å². The fourth-order valence-electron chi connectivity index (χ4n) is 2.29. The molecule has 0 unspecified atom stereocenters. The van der Waals surface area contributed by atoms with E-state index < -0.39 is 0 Å². The molecule has 0 spiro atoms. The highest BCUT2D eigenvalue weighted by Crippen LogP contribution is 2.22. The Balaban J connectivity index is 1.76. The summed E-state index contributed by atoms with van der Waals surface area (Å²) in [6, 6.07) is 11.8. The van der Waals surface area contributed by atoms with Crippen LogP contribution < -0.4 is 0 Å². The fourth-order valence-corrected chi connectivity index (χ4v) is 2.29. The Hall–Kier alpha value is -3.02. The highest BCUT2D eigenvalue weighted by molar-refractivity contribution is 5.61. The minimum Gasteiger partial charge on any atom is -0.334 e. The molecule has 0 atom stereocenters. The maximum Gasteiger partial charge on any atom is 0.258 e. The Morgan fingerprint density at radius 3 is 2.50 bits per heavy atom. The second kappa shape index (κ2) is 4.77. The molecule has 3 heterocycles. The summed E-state index contributed by atoms with van der Waals surface area (Å²) in [5.41, 5.74) is 3.75. The van der Waals surface area contributed by atoms with E-state index in [-0.39, 0.29) is 0 Å². The third-order valence-corrected chi connectivity index (χ3v) is 3.56. The van der Waals surface area contributed by atoms with E-state index in [1.807, 2.05) is 60.8 Å². The van der Waals surface area contributed by atoms with Crippen molar-refractivity contribution in [1.29, 1.82) is 0 Å². The van der Waals surface area contributed by atoms with Crippen molar-refractivity contribution >= 4 is 5.65 Å². The summed E-state index contributed by atoms with van der Waals surface area (Å²) in [6.07, 6.45) is 1.91. The van der Waals surface area contributed by atoms with Gasteiger partial charge >= 0.3 is 0 Å². The fraction of sp³-hybridized carbons (Fsp3) is 0.125. The number of pyridine rings is 1. The van der Waals surface area contributed by atoms with Crippen LogP contribution in [-0.2, 0) is 0 Å². The molecule has 0 aliphatic rings. The number of rotatable bonds is 2. The van der Waals surface area contributed by atoms with Crippen molar-refractivity contribution < 1.29 is 4.52 Å². The van der Waals surface area contributed by atoms with E-state index in [1.165, 1.54) is 5.56 Å². The van der Waals surface area contributed by atoms with Gasteiger partial charge in [0.15, 0.2) is 5.65 Å². The van der Waals surface area contributed by atoms with E-state index in [9.17, 15) is 0 Å². The molecular weight excluding hydrogens is 278 g/mol. The van der Waals surface area contributed by atoms with Crippen molar-refractivity contribution in [2.75, 3.05) is 0 Å². The first kappa shape index (κ1) is 12.7. The summed E-state index contributed by atoms with van der Waals surface area (Å²) >= 11 is 0. The van der Waals surface area contributed by atoms with E-state index in [0.29, 0.717) is 11.7 Å². The zero-order valence-electron chi connectivity index (χ0n) is 12.2. The molecular formula is C16H13N5O. The predicted octanol–water partition coefficient (Wildman–Crippen LogP) is 3.06. The number of fused-ring (bicyclic) bond motifs is 1. The largest absolute Gasteiger partial charge is 0.334 e. The van der Waals surface area contributed by atoms with Gasteiger partial charge in [-0.05, 0) is 38.1 Å². The van der Waals surface area contributed by atoms with E-state index in [1.54, 1.807) is 0 Å². The molecule has 0 saturated carbocycles. The molecule has 0 aliphatic carbocycles. The molecule has 6 nitrogen and oxygen atoms in total. The molecule has 1 aromatic carbocycles. The molecule has 0 aliphatic heterocycles. The highest BCUT2D eigenvalue weighted by atomic mass is 16.5. The second-order valence-electron chi connectivity index (χ2n) is 5.18.